The zero-order chi connectivity index (χ0) is 24.5. The first-order chi connectivity index (χ1) is 17.0. The molecule has 0 radical (unpaired) electrons. The van der Waals surface area contributed by atoms with Gasteiger partial charge in [-0.25, -0.2) is 0 Å². The van der Waals surface area contributed by atoms with E-state index in [-0.39, 0.29) is 23.5 Å². The molecule has 1 amide bonds. The molecule has 3 heterocycles. The van der Waals surface area contributed by atoms with E-state index in [0.717, 1.165) is 48.3 Å². The topological polar surface area (TPSA) is 85.3 Å². The highest BCUT2D eigenvalue weighted by molar-refractivity contribution is 6.46. The number of fused-ring (bicyclic) bond motifs is 1. The van der Waals surface area contributed by atoms with Crippen molar-refractivity contribution in [3.8, 4) is 11.5 Å². The third-order valence-electron chi connectivity index (χ3n) is 6.80. The van der Waals surface area contributed by atoms with Crippen molar-refractivity contribution in [2.24, 2.45) is 0 Å². The Hall–Kier alpha value is -3.32. The van der Waals surface area contributed by atoms with Gasteiger partial charge in [-0.05, 0) is 67.6 Å². The van der Waals surface area contributed by atoms with Crippen molar-refractivity contribution in [1.82, 2.24) is 4.90 Å². The molecular formula is C28H31NO6. The van der Waals surface area contributed by atoms with Gasteiger partial charge < -0.3 is 24.2 Å². The van der Waals surface area contributed by atoms with Crippen LogP contribution in [0.4, 0.5) is 0 Å². The predicted octanol–water partition coefficient (Wildman–Crippen LogP) is 4.40. The van der Waals surface area contributed by atoms with E-state index in [1.54, 1.807) is 11.0 Å². The molecule has 7 heteroatoms. The van der Waals surface area contributed by atoms with Crippen LogP contribution in [0, 0.1) is 0 Å². The van der Waals surface area contributed by atoms with Crippen LogP contribution < -0.4 is 9.47 Å². The highest BCUT2D eigenvalue weighted by atomic mass is 16.5. The van der Waals surface area contributed by atoms with Crippen LogP contribution in [0.5, 0.6) is 11.5 Å². The number of benzene rings is 2. The minimum absolute atomic E-state index is 0.0628. The maximum absolute atomic E-state index is 13.3. The van der Waals surface area contributed by atoms with E-state index in [2.05, 4.69) is 0 Å². The number of Topliss-reactive ketones (excluding diaryl/α,β-unsaturated/α-hetero) is 1. The summed E-state index contributed by atoms with van der Waals surface area (Å²) in [7, 11) is 0. The minimum atomic E-state index is -0.706. The second-order valence-corrected chi connectivity index (χ2v) is 9.46. The molecule has 0 unspecified atom stereocenters. The van der Waals surface area contributed by atoms with Crippen molar-refractivity contribution >= 4 is 17.4 Å². The fraction of sp³-hybridized carbons (Fsp3) is 0.429. The molecule has 0 spiro atoms. The van der Waals surface area contributed by atoms with Gasteiger partial charge in [0.2, 0.25) is 0 Å². The first-order valence-corrected chi connectivity index (χ1v) is 12.4. The van der Waals surface area contributed by atoms with Crippen LogP contribution in [-0.4, -0.2) is 53.7 Å². The average Bonchev–Trinajstić information content (AvgIpc) is 3.57. The van der Waals surface area contributed by atoms with Crippen molar-refractivity contribution in [2.45, 2.75) is 57.8 Å². The third kappa shape index (κ3) is 4.52. The summed E-state index contributed by atoms with van der Waals surface area (Å²) < 4.78 is 17.2. The molecule has 3 aliphatic heterocycles. The zero-order valence-electron chi connectivity index (χ0n) is 20.2. The number of nitrogens with zero attached hydrogens (tertiary/aromatic N) is 1. The Bertz CT molecular complexity index is 1150. The number of hydrogen-bond acceptors (Lipinski definition) is 6. The lowest BCUT2D eigenvalue weighted by Crippen LogP contribution is -2.36. The summed E-state index contributed by atoms with van der Waals surface area (Å²) in [4.78, 5) is 28.0. The summed E-state index contributed by atoms with van der Waals surface area (Å²) in [6.45, 7) is 5.59. The number of aliphatic hydroxyl groups excluding tert-OH is 1. The number of amides is 1. The van der Waals surface area contributed by atoms with Crippen LogP contribution in [0.3, 0.4) is 0 Å². The van der Waals surface area contributed by atoms with Gasteiger partial charge in [0.25, 0.3) is 11.7 Å². The summed E-state index contributed by atoms with van der Waals surface area (Å²) in [5.41, 5.74) is 2.32. The van der Waals surface area contributed by atoms with Gasteiger partial charge in [0.1, 0.15) is 23.4 Å². The fourth-order valence-electron chi connectivity index (χ4n) is 5.11. The average molecular weight is 478 g/mol. The molecule has 2 saturated heterocycles. The Morgan fingerprint density at radius 2 is 1.97 bits per heavy atom. The lowest BCUT2D eigenvalue weighted by molar-refractivity contribution is -0.140. The molecule has 3 aliphatic rings. The van der Waals surface area contributed by atoms with E-state index >= 15 is 0 Å². The molecule has 0 bridgehead atoms. The lowest BCUT2D eigenvalue weighted by atomic mass is 9.94. The number of carbonyl (C=O) groups is 2. The first-order valence-electron chi connectivity index (χ1n) is 12.4. The number of aliphatic hydroxyl groups is 1. The second kappa shape index (κ2) is 9.74. The molecule has 0 saturated carbocycles. The van der Waals surface area contributed by atoms with Gasteiger partial charge in [0, 0.05) is 25.1 Å². The van der Waals surface area contributed by atoms with Crippen molar-refractivity contribution < 1.29 is 28.9 Å². The number of ether oxygens (including phenoxy) is 3. The summed E-state index contributed by atoms with van der Waals surface area (Å²) in [5, 5.41) is 11.4. The number of rotatable bonds is 7. The van der Waals surface area contributed by atoms with E-state index < -0.39 is 17.7 Å². The molecule has 5 rings (SSSR count). The summed E-state index contributed by atoms with van der Waals surface area (Å²) in [6, 6.07) is 12.1. The second-order valence-electron chi connectivity index (χ2n) is 9.46. The SMILES string of the molecule is CCCOc1ccc([C@H]2C(=C(O)c3ccc4c(c3)C[C@@H](C)O4)C(=O)C(=O)N2C[C@@H]2CCCO2)cc1. The van der Waals surface area contributed by atoms with E-state index in [1.807, 2.05) is 50.2 Å². The largest absolute Gasteiger partial charge is 0.507 e. The van der Waals surface area contributed by atoms with Crippen LogP contribution in [-0.2, 0) is 20.7 Å². The Labute approximate surface area is 205 Å². The molecule has 0 aromatic heterocycles. The van der Waals surface area contributed by atoms with Crippen molar-refractivity contribution in [1.29, 1.82) is 0 Å². The summed E-state index contributed by atoms with van der Waals surface area (Å²) in [6.07, 6.45) is 3.33. The monoisotopic (exact) mass is 477 g/mol. The molecule has 1 N–H and O–H groups in total. The Kier molecular flexibility index (Phi) is 6.52. The molecule has 3 atom stereocenters. The van der Waals surface area contributed by atoms with Crippen LogP contribution in [0.25, 0.3) is 5.76 Å². The van der Waals surface area contributed by atoms with Crippen molar-refractivity contribution in [3.63, 3.8) is 0 Å². The molecule has 2 aromatic rings. The Balaban J connectivity index is 1.55. The van der Waals surface area contributed by atoms with Crippen molar-refractivity contribution in [3.05, 3.63) is 64.7 Å². The van der Waals surface area contributed by atoms with Gasteiger partial charge in [0.15, 0.2) is 0 Å². The number of hydrogen-bond donors (Lipinski definition) is 1. The van der Waals surface area contributed by atoms with Crippen molar-refractivity contribution in [2.75, 3.05) is 19.8 Å². The predicted molar refractivity (Wildman–Crippen MR) is 130 cm³/mol. The Morgan fingerprint density at radius 3 is 2.69 bits per heavy atom. The molecule has 184 valence electrons. The van der Waals surface area contributed by atoms with Gasteiger partial charge in [-0.15, -0.1) is 0 Å². The van der Waals surface area contributed by atoms with Crippen LogP contribution in [0.2, 0.25) is 0 Å². The molecule has 0 aliphatic carbocycles. The lowest BCUT2D eigenvalue weighted by Gasteiger charge is -2.27. The summed E-state index contributed by atoms with van der Waals surface area (Å²) >= 11 is 0. The minimum Gasteiger partial charge on any atom is -0.507 e. The number of ketones is 1. The van der Waals surface area contributed by atoms with Gasteiger partial charge >= 0.3 is 0 Å². The van der Waals surface area contributed by atoms with E-state index in [4.69, 9.17) is 14.2 Å². The van der Waals surface area contributed by atoms with Gasteiger partial charge in [0.05, 0.1) is 24.3 Å². The number of likely N-dealkylation sites (tertiary alicyclic amines) is 1. The molecule has 7 nitrogen and oxygen atoms in total. The molecule has 2 fully saturated rings. The van der Waals surface area contributed by atoms with Gasteiger partial charge in [-0.1, -0.05) is 19.1 Å². The van der Waals surface area contributed by atoms with Gasteiger partial charge in [-0.2, -0.15) is 0 Å². The third-order valence-corrected chi connectivity index (χ3v) is 6.80. The van der Waals surface area contributed by atoms with Crippen LogP contribution in [0.15, 0.2) is 48.0 Å². The standard InChI is InChI=1S/C28H31NO6/c1-3-12-33-21-9-6-18(7-10-21)25-24(27(31)28(32)29(25)16-22-5-4-13-34-22)26(30)19-8-11-23-20(15-19)14-17(2)35-23/h6-11,15,17,22,25,30H,3-5,12-14,16H2,1-2H3/t17-,22+,25+/m1/s1. The maximum Gasteiger partial charge on any atom is 0.295 e. The molecule has 2 aromatic carbocycles. The van der Waals surface area contributed by atoms with Crippen LogP contribution in [0.1, 0.15) is 55.8 Å². The zero-order valence-corrected chi connectivity index (χ0v) is 20.2. The van der Waals surface area contributed by atoms with Gasteiger partial charge in [-0.3, -0.25) is 9.59 Å². The van der Waals surface area contributed by atoms with E-state index in [1.165, 1.54) is 0 Å². The normalized spacial score (nSPS) is 25.1. The quantitative estimate of drug-likeness (QED) is 0.362. The highest BCUT2D eigenvalue weighted by Gasteiger charge is 2.47. The highest BCUT2D eigenvalue weighted by Crippen LogP contribution is 2.41. The van der Waals surface area contributed by atoms with E-state index in [0.29, 0.717) is 25.3 Å². The fourth-order valence-corrected chi connectivity index (χ4v) is 5.11. The summed E-state index contributed by atoms with van der Waals surface area (Å²) in [5.74, 6) is 0.0433. The maximum atomic E-state index is 13.3. The van der Waals surface area contributed by atoms with Crippen LogP contribution >= 0.6 is 0 Å². The molecule has 35 heavy (non-hydrogen) atoms. The number of carbonyl (C=O) groups excluding carboxylic acids is 2. The Morgan fingerprint density at radius 1 is 1.17 bits per heavy atom. The first kappa shape index (κ1) is 23.4. The van der Waals surface area contributed by atoms with E-state index in [9.17, 15) is 14.7 Å². The molecular weight excluding hydrogens is 446 g/mol. The smallest absolute Gasteiger partial charge is 0.295 e.